The first kappa shape index (κ1) is 10.6. The van der Waals surface area contributed by atoms with E-state index in [-0.39, 0.29) is 0 Å². The fourth-order valence-electron chi connectivity index (χ4n) is 2.58. The quantitative estimate of drug-likeness (QED) is 0.759. The Morgan fingerprint density at radius 1 is 1.35 bits per heavy atom. The number of nitrogens with one attached hydrogen (secondary N) is 1. The van der Waals surface area contributed by atoms with E-state index < -0.39 is 0 Å². The van der Waals surface area contributed by atoms with Crippen LogP contribution in [0.2, 0.25) is 0 Å². The predicted molar refractivity (Wildman–Crippen MR) is 68.8 cm³/mol. The summed E-state index contributed by atoms with van der Waals surface area (Å²) >= 11 is 5.25. The fraction of sp³-hybridized carbons (Fsp3) is 0.308. The number of aromatic amines is 1. The van der Waals surface area contributed by atoms with Crippen LogP contribution in [0.3, 0.4) is 0 Å². The molecule has 0 radical (unpaired) electrons. The van der Waals surface area contributed by atoms with Crippen LogP contribution in [0.1, 0.15) is 23.6 Å². The number of imidazole rings is 1. The topological polar surface area (TPSA) is 41.0 Å². The minimum Gasteiger partial charge on any atom is -0.508 e. The summed E-state index contributed by atoms with van der Waals surface area (Å²) in [5.41, 5.74) is 2.59. The second-order valence-corrected chi connectivity index (χ2v) is 4.91. The van der Waals surface area contributed by atoms with Gasteiger partial charge in [0.25, 0.3) is 0 Å². The standard InChI is InChI=1S/C13H14N2OS/c16-12-4-2-9-1-3-11(7-10(9)8-12)15-6-5-14-13(15)17/h2,4-6,8,11,16H,1,3,7H2,(H,14,17). The molecule has 0 aliphatic heterocycles. The highest BCUT2D eigenvalue weighted by Crippen LogP contribution is 2.30. The average molecular weight is 246 g/mol. The van der Waals surface area contributed by atoms with Gasteiger partial charge in [-0.05, 0) is 54.7 Å². The third-order valence-corrected chi connectivity index (χ3v) is 3.79. The first-order chi connectivity index (χ1) is 8.24. The molecule has 0 saturated heterocycles. The normalized spacial score (nSPS) is 18.9. The molecule has 2 aromatic rings. The molecule has 1 aliphatic rings. The third-order valence-electron chi connectivity index (χ3n) is 3.46. The van der Waals surface area contributed by atoms with Crippen LogP contribution in [0.4, 0.5) is 0 Å². The predicted octanol–water partition coefficient (Wildman–Crippen LogP) is 2.98. The van der Waals surface area contributed by atoms with E-state index in [0.29, 0.717) is 11.8 Å². The van der Waals surface area contributed by atoms with Crippen molar-refractivity contribution in [2.24, 2.45) is 0 Å². The Morgan fingerprint density at radius 3 is 3.00 bits per heavy atom. The maximum absolute atomic E-state index is 9.53. The second kappa shape index (κ2) is 4.04. The van der Waals surface area contributed by atoms with Crippen molar-refractivity contribution in [2.45, 2.75) is 25.3 Å². The van der Waals surface area contributed by atoms with E-state index in [0.717, 1.165) is 24.0 Å². The smallest absolute Gasteiger partial charge is 0.177 e. The Balaban J connectivity index is 1.95. The summed E-state index contributed by atoms with van der Waals surface area (Å²) in [6.07, 6.45) is 6.97. The van der Waals surface area contributed by atoms with Crippen LogP contribution in [0.25, 0.3) is 0 Å². The minimum absolute atomic E-state index is 0.349. The number of H-pyrrole nitrogens is 1. The SMILES string of the molecule is Oc1ccc2c(c1)CC(n1cc[nH]c1=S)CC2. The lowest BCUT2D eigenvalue weighted by molar-refractivity contribution is 0.433. The molecule has 1 aromatic heterocycles. The molecule has 17 heavy (non-hydrogen) atoms. The van der Waals surface area contributed by atoms with Crippen LogP contribution >= 0.6 is 12.2 Å². The van der Waals surface area contributed by atoms with E-state index in [4.69, 9.17) is 12.2 Å². The number of phenolic OH excluding ortho intramolecular Hbond substituents is 1. The highest BCUT2D eigenvalue weighted by atomic mass is 32.1. The lowest BCUT2D eigenvalue weighted by Gasteiger charge is -2.25. The maximum Gasteiger partial charge on any atom is 0.177 e. The van der Waals surface area contributed by atoms with Gasteiger partial charge < -0.3 is 14.7 Å². The van der Waals surface area contributed by atoms with Crippen LogP contribution in [0, 0.1) is 4.77 Å². The number of rotatable bonds is 1. The summed E-state index contributed by atoms with van der Waals surface area (Å²) in [4.78, 5) is 3.03. The highest BCUT2D eigenvalue weighted by molar-refractivity contribution is 7.71. The molecule has 0 saturated carbocycles. The zero-order valence-electron chi connectivity index (χ0n) is 9.39. The zero-order valence-corrected chi connectivity index (χ0v) is 10.2. The summed E-state index contributed by atoms with van der Waals surface area (Å²) in [7, 11) is 0. The highest BCUT2D eigenvalue weighted by Gasteiger charge is 2.20. The molecule has 3 rings (SSSR count). The Morgan fingerprint density at radius 2 is 2.24 bits per heavy atom. The average Bonchev–Trinajstić information content (AvgIpc) is 2.74. The second-order valence-electron chi connectivity index (χ2n) is 4.52. The van der Waals surface area contributed by atoms with Crippen molar-refractivity contribution >= 4 is 12.2 Å². The first-order valence-electron chi connectivity index (χ1n) is 5.80. The van der Waals surface area contributed by atoms with E-state index >= 15 is 0 Å². The van der Waals surface area contributed by atoms with Gasteiger partial charge in [-0.25, -0.2) is 0 Å². The van der Waals surface area contributed by atoms with Gasteiger partial charge in [0.15, 0.2) is 4.77 Å². The van der Waals surface area contributed by atoms with Crippen molar-refractivity contribution in [3.8, 4) is 5.75 Å². The number of fused-ring (bicyclic) bond motifs is 1. The number of aromatic nitrogens is 2. The van der Waals surface area contributed by atoms with Gasteiger partial charge in [0.05, 0.1) is 0 Å². The molecule has 88 valence electrons. The molecule has 0 fully saturated rings. The van der Waals surface area contributed by atoms with Crippen LogP contribution in [-0.4, -0.2) is 14.7 Å². The summed E-state index contributed by atoms with van der Waals surface area (Å²) in [6.45, 7) is 0. The lowest BCUT2D eigenvalue weighted by Crippen LogP contribution is -2.18. The van der Waals surface area contributed by atoms with E-state index in [1.54, 1.807) is 6.07 Å². The van der Waals surface area contributed by atoms with Crippen molar-refractivity contribution < 1.29 is 5.11 Å². The van der Waals surface area contributed by atoms with Gasteiger partial charge in [0.2, 0.25) is 0 Å². The third kappa shape index (κ3) is 1.89. The number of nitrogens with zero attached hydrogens (tertiary/aromatic N) is 1. The zero-order chi connectivity index (χ0) is 11.8. The molecule has 2 N–H and O–H groups in total. The van der Waals surface area contributed by atoms with Gasteiger partial charge >= 0.3 is 0 Å². The summed E-state index contributed by atoms with van der Waals surface area (Å²) in [5.74, 6) is 0.349. The minimum atomic E-state index is 0.349. The fourth-order valence-corrected chi connectivity index (χ4v) is 2.86. The molecule has 0 amide bonds. The van der Waals surface area contributed by atoms with E-state index in [1.807, 2.05) is 24.5 Å². The van der Waals surface area contributed by atoms with E-state index in [1.165, 1.54) is 11.1 Å². The van der Waals surface area contributed by atoms with E-state index in [2.05, 4.69) is 9.55 Å². The molecule has 0 spiro atoms. The molecule has 1 atom stereocenters. The van der Waals surface area contributed by atoms with E-state index in [9.17, 15) is 5.11 Å². The molecule has 4 heteroatoms. The lowest BCUT2D eigenvalue weighted by atomic mass is 9.88. The summed E-state index contributed by atoms with van der Waals surface area (Å²) in [5, 5.41) is 9.53. The molecule has 0 bridgehead atoms. The van der Waals surface area contributed by atoms with Crippen molar-refractivity contribution in [2.75, 3.05) is 0 Å². The van der Waals surface area contributed by atoms with Crippen molar-refractivity contribution in [1.29, 1.82) is 0 Å². The molecule has 1 unspecified atom stereocenters. The van der Waals surface area contributed by atoms with Gasteiger partial charge in [-0.1, -0.05) is 6.07 Å². The number of benzene rings is 1. The summed E-state index contributed by atoms with van der Waals surface area (Å²) < 4.78 is 2.89. The Bertz CT molecular complexity index is 599. The van der Waals surface area contributed by atoms with Crippen LogP contribution in [0.15, 0.2) is 30.6 Å². The Labute approximate surface area is 105 Å². The van der Waals surface area contributed by atoms with Gasteiger partial charge in [0.1, 0.15) is 5.75 Å². The monoisotopic (exact) mass is 246 g/mol. The molecule has 3 nitrogen and oxygen atoms in total. The van der Waals surface area contributed by atoms with Gasteiger partial charge in [-0.3, -0.25) is 0 Å². The summed E-state index contributed by atoms with van der Waals surface area (Å²) in [6, 6.07) is 6.07. The van der Waals surface area contributed by atoms with Gasteiger partial charge in [-0.15, -0.1) is 0 Å². The van der Waals surface area contributed by atoms with Crippen molar-refractivity contribution in [3.05, 3.63) is 46.5 Å². The number of hydrogen-bond donors (Lipinski definition) is 2. The number of aromatic hydroxyl groups is 1. The molecule has 1 aliphatic carbocycles. The largest absolute Gasteiger partial charge is 0.508 e. The van der Waals surface area contributed by atoms with Crippen LogP contribution in [0.5, 0.6) is 5.75 Å². The molecule has 1 heterocycles. The molecule has 1 aromatic carbocycles. The Kier molecular flexibility index (Phi) is 2.52. The molecular weight excluding hydrogens is 232 g/mol. The number of hydrogen-bond acceptors (Lipinski definition) is 2. The number of aryl methyl sites for hydroxylation is 1. The van der Waals surface area contributed by atoms with Gasteiger partial charge in [-0.2, -0.15) is 0 Å². The van der Waals surface area contributed by atoms with Crippen molar-refractivity contribution in [3.63, 3.8) is 0 Å². The maximum atomic E-state index is 9.53. The van der Waals surface area contributed by atoms with Crippen LogP contribution < -0.4 is 0 Å². The van der Waals surface area contributed by atoms with Crippen LogP contribution in [-0.2, 0) is 12.8 Å². The first-order valence-corrected chi connectivity index (χ1v) is 6.21. The van der Waals surface area contributed by atoms with Crippen molar-refractivity contribution in [1.82, 2.24) is 9.55 Å². The number of phenols is 1. The Hall–Kier alpha value is -1.55. The molecular formula is C13H14N2OS. The van der Waals surface area contributed by atoms with Gasteiger partial charge in [0, 0.05) is 18.4 Å².